The molecule has 3 atom stereocenters. The summed E-state index contributed by atoms with van der Waals surface area (Å²) in [5.41, 5.74) is 0.375. The number of ether oxygens (including phenoxy) is 1. The zero-order valence-corrected chi connectivity index (χ0v) is 24.1. The van der Waals surface area contributed by atoms with Crippen LogP contribution in [0, 0.1) is 35.3 Å². The van der Waals surface area contributed by atoms with Gasteiger partial charge in [0.05, 0.1) is 23.6 Å². The van der Waals surface area contributed by atoms with Crippen molar-refractivity contribution in [2.24, 2.45) is 0 Å². The summed E-state index contributed by atoms with van der Waals surface area (Å²) in [4.78, 5) is 13.5. The van der Waals surface area contributed by atoms with E-state index in [1.807, 2.05) is 11.0 Å². The number of piperazine rings is 1. The summed E-state index contributed by atoms with van der Waals surface area (Å²) in [5, 5.41) is 14.3. The normalized spacial score (nSPS) is 23.5. The highest BCUT2D eigenvalue weighted by Gasteiger charge is 2.49. The molecule has 1 N–H and O–H groups in total. The van der Waals surface area contributed by atoms with Crippen LogP contribution < -0.4 is 15.0 Å². The first-order valence-corrected chi connectivity index (χ1v) is 15.0. The van der Waals surface area contributed by atoms with Crippen LogP contribution in [0.3, 0.4) is 0 Å². The number of fused-ring (bicyclic) bond motifs is 3. The molecule has 44 heavy (non-hydrogen) atoms. The van der Waals surface area contributed by atoms with E-state index in [0.717, 1.165) is 19.4 Å². The van der Waals surface area contributed by atoms with Gasteiger partial charge < -0.3 is 15.0 Å². The molecule has 0 bridgehead atoms. The Kier molecular flexibility index (Phi) is 7.28. The predicted molar refractivity (Wildman–Crippen MR) is 163 cm³/mol. The SMILES string of the molecule is C#Cc1c(F)ccc2cccc(-c3ccc4c(N5CCN[C@@H](CC#N)C5)nc(OC[C@@]56CCCN5C[C@H](F)C6)nc4c3F)c12. The van der Waals surface area contributed by atoms with Crippen molar-refractivity contribution < 1.29 is 17.9 Å². The van der Waals surface area contributed by atoms with E-state index < -0.39 is 23.3 Å². The Balaban J connectivity index is 1.36. The fraction of sp³-hybridized carbons (Fsp3) is 0.382. The number of nitriles is 1. The van der Waals surface area contributed by atoms with Crippen LogP contribution in [0.4, 0.5) is 19.0 Å². The van der Waals surface area contributed by atoms with Crippen LogP contribution in [0.25, 0.3) is 32.8 Å². The van der Waals surface area contributed by atoms with Gasteiger partial charge in [-0.3, -0.25) is 4.90 Å². The van der Waals surface area contributed by atoms with E-state index in [0.29, 0.717) is 66.6 Å². The highest BCUT2D eigenvalue weighted by atomic mass is 19.1. The summed E-state index contributed by atoms with van der Waals surface area (Å²) in [6.45, 7) is 3.12. The van der Waals surface area contributed by atoms with Gasteiger partial charge in [0.15, 0.2) is 5.82 Å². The molecule has 3 aliphatic rings. The van der Waals surface area contributed by atoms with Crippen LogP contribution in [0.15, 0.2) is 42.5 Å². The largest absolute Gasteiger partial charge is 0.461 e. The summed E-state index contributed by atoms with van der Waals surface area (Å²) in [5.74, 6) is 1.78. The molecule has 7 rings (SSSR count). The van der Waals surface area contributed by atoms with Crippen LogP contribution in [0.2, 0.25) is 0 Å². The molecule has 3 fully saturated rings. The van der Waals surface area contributed by atoms with Gasteiger partial charge in [0.2, 0.25) is 0 Å². The monoisotopic (exact) mass is 596 g/mol. The highest BCUT2D eigenvalue weighted by Crippen LogP contribution is 2.41. The lowest BCUT2D eigenvalue weighted by Crippen LogP contribution is -2.51. The molecule has 10 heteroatoms. The van der Waals surface area contributed by atoms with Crippen molar-refractivity contribution in [2.45, 2.75) is 43.4 Å². The third-order valence-electron chi connectivity index (χ3n) is 9.32. The lowest BCUT2D eigenvalue weighted by molar-refractivity contribution is 0.107. The maximum atomic E-state index is 16.7. The number of nitrogens with zero attached hydrogens (tertiary/aromatic N) is 5. The molecule has 7 nitrogen and oxygen atoms in total. The number of rotatable bonds is 6. The number of hydrogen-bond donors (Lipinski definition) is 1. The summed E-state index contributed by atoms with van der Waals surface area (Å²) in [7, 11) is 0. The molecule has 0 unspecified atom stereocenters. The highest BCUT2D eigenvalue weighted by molar-refractivity contribution is 6.03. The van der Waals surface area contributed by atoms with E-state index >= 15 is 4.39 Å². The van der Waals surface area contributed by atoms with Gasteiger partial charge in [0.1, 0.15) is 29.9 Å². The molecule has 0 radical (unpaired) electrons. The van der Waals surface area contributed by atoms with Gasteiger partial charge in [-0.1, -0.05) is 36.3 Å². The van der Waals surface area contributed by atoms with E-state index in [2.05, 4.69) is 27.2 Å². The molecule has 0 spiro atoms. The second-order valence-corrected chi connectivity index (χ2v) is 11.9. The molecule has 3 aliphatic heterocycles. The Morgan fingerprint density at radius 1 is 1.09 bits per heavy atom. The molecule has 3 aromatic carbocycles. The van der Waals surface area contributed by atoms with Crippen molar-refractivity contribution in [3.8, 4) is 35.6 Å². The predicted octanol–water partition coefficient (Wildman–Crippen LogP) is 5.36. The van der Waals surface area contributed by atoms with Crippen LogP contribution in [0.5, 0.6) is 6.01 Å². The molecule has 224 valence electrons. The zero-order chi connectivity index (χ0) is 30.4. The molecule has 3 saturated heterocycles. The lowest BCUT2D eigenvalue weighted by atomic mass is 9.93. The first-order chi connectivity index (χ1) is 21.4. The first-order valence-electron chi connectivity index (χ1n) is 15.0. The Labute approximate surface area is 253 Å². The van der Waals surface area contributed by atoms with Crippen LogP contribution in [-0.2, 0) is 0 Å². The summed E-state index contributed by atoms with van der Waals surface area (Å²) in [6.07, 6.45) is 7.26. The minimum absolute atomic E-state index is 0.00993. The van der Waals surface area contributed by atoms with Gasteiger partial charge in [-0.2, -0.15) is 15.2 Å². The fourth-order valence-corrected chi connectivity index (χ4v) is 7.27. The average Bonchev–Trinajstić information content (AvgIpc) is 3.56. The van der Waals surface area contributed by atoms with E-state index in [9.17, 15) is 14.0 Å². The number of alkyl halides is 1. The van der Waals surface area contributed by atoms with Gasteiger partial charge in [-0.25, -0.2) is 13.2 Å². The molecular weight excluding hydrogens is 565 g/mol. The average molecular weight is 597 g/mol. The van der Waals surface area contributed by atoms with Crippen molar-refractivity contribution in [3.63, 3.8) is 0 Å². The Morgan fingerprint density at radius 2 is 1.98 bits per heavy atom. The summed E-state index contributed by atoms with van der Waals surface area (Å²) < 4.78 is 52.1. The molecule has 4 heterocycles. The summed E-state index contributed by atoms with van der Waals surface area (Å²) >= 11 is 0. The maximum absolute atomic E-state index is 16.7. The van der Waals surface area contributed by atoms with Crippen molar-refractivity contribution >= 4 is 27.5 Å². The van der Waals surface area contributed by atoms with Gasteiger partial charge in [0, 0.05) is 55.0 Å². The van der Waals surface area contributed by atoms with E-state index in [-0.39, 0.29) is 35.3 Å². The Morgan fingerprint density at radius 3 is 2.82 bits per heavy atom. The number of halogens is 3. The van der Waals surface area contributed by atoms with E-state index in [4.69, 9.17) is 16.1 Å². The van der Waals surface area contributed by atoms with Crippen molar-refractivity contribution in [2.75, 3.05) is 44.2 Å². The molecule has 0 saturated carbocycles. The third-order valence-corrected chi connectivity index (χ3v) is 9.32. The second-order valence-electron chi connectivity index (χ2n) is 11.9. The van der Waals surface area contributed by atoms with Crippen LogP contribution >= 0.6 is 0 Å². The molecule has 4 aromatic rings. The third kappa shape index (κ3) is 4.79. The zero-order valence-electron chi connectivity index (χ0n) is 24.1. The van der Waals surface area contributed by atoms with Gasteiger partial charge >= 0.3 is 6.01 Å². The minimum Gasteiger partial charge on any atom is -0.461 e. The standard InChI is InChI=1S/C34H31F3N6O/c1-2-24-28(36)10-7-21-5-3-6-25(29(21)24)26-8-9-27-31(30(26)37)40-33(41-32(27)42-16-14-39-23(19-42)11-13-38)44-20-34-12-4-15-43(34)18-22(35)17-34/h1,3,5-10,22-23,39H,4,11-12,14-20H2/t22-,23+,34+/m1/s1. The maximum Gasteiger partial charge on any atom is 0.319 e. The molecular formula is C34H31F3N6O. The van der Waals surface area contributed by atoms with Crippen molar-refractivity contribution in [3.05, 3.63) is 59.7 Å². The van der Waals surface area contributed by atoms with Crippen molar-refractivity contribution in [1.29, 1.82) is 5.26 Å². The topological polar surface area (TPSA) is 77.3 Å². The number of benzene rings is 3. The first kappa shape index (κ1) is 28.4. The summed E-state index contributed by atoms with van der Waals surface area (Å²) in [6, 6.07) is 13.8. The lowest BCUT2D eigenvalue weighted by Gasteiger charge is -2.34. The number of aromatic nitrogens is 2. The number of nitrogens with one attached hydrogen (secondary N) is 1. The Hall–Kier alpha value is -4.38. The van der Waals surface area contributed by atoms with Gasteiger partial charge in [-0.15, -0.1) is 6.42 Å². The second kappa shape index (κ2) is 11.3. The van der Waals surface area contributed by atoms with Crippen LogP contribution in [0.1, 0.15) is 31.2 Å². The molecule has 0 aliphatic carbocycles. The number of hydrogen-bond acceptors (Lipinski definition) is 7. The minimum atomic E-state index is -0.914. The van der Waals surface area contributed by atoms with Gasteiger partial charge in [-0.05, 0) is 42.5 Å². The molecule has 1 aromatic heterocycles. The smallest absolute Gasteiger partial charge is 0.319 e. The van der Waals surface area contributed by atoms with E-state index in [1.54, 1.807) is 30.3 Å². The van der Waals surface area contributed by atoms with E-state index in [1.165, 1.54) is 6.07 Å². The van der Waals surface area contributed by atoms with Gasteiger partial charge in [0.25, 0.3) is 0 Å². The molecule has 0 amide bonds. The quantitative estimate of drug-likeness (QED) is 0.301. The van der Waals surface area contributed by atoms with Crippen LogP contribution in [-0.4, -0.2) is 72.0 Å². The van der Waals surface area contributed by atoms with Crippen molar-refractivity contribution in [1.82, 2.24) is 20.2 Å². The fourth-order valence-electron chi connectivity index (χ4n) is 7.27. The Bertz CT molecular complexity index is 1850. The number of anilines is 1. The number of terminal acetylenes is 1.